The van der Waals surface area contributed by atoms with E-state index in [0.717, 1.165) is 6.42 Å². The summed E-state index contributed by atoms with van der Waals surface area (Å²) in [5.41, 5.74) is -1.05. The normalized spacial score (nSPS) is 30.2. The second-order valence-corrected chi connectivity index (χ2v) is 9.22. The lowest BCUT2D eigenvalue weighted by Crippen LogP contribution is -2.40. The lowest BCUT2D eigenvalue weighted by molar-refractivity contribution is -0.128. The number of rotatable bonds is 6. The Hall–Kier alpha value is -2.40. The predicted octanol–water partition coefficient (Wildman–Crippen LogP) is 2.66. The molecule has 2 bridgehead atoms. The molecule has 2 aliphatic carbocycles. The number of benzene rings is 1. The van der Waals surface area contributed by atoms with E-state index in [1.165, 1.54) is 7.11 Å². The number of ether oxygens (including phenoxy) is 1. The highest BCUT2D eigenvalue weighted by molar-refractivity contribution is 7.86. The molecule has 3 rings (SSSR count). The lowest BCUT2D eigenvalue weighted by Gasteiger charge is -2.35. The first-order valence-corrected chi connectivity index (χ1v) is 10.3. The van der Waals surface area contributed by atoms with Crippen LogP contribution in [0.15, 0.2) is 29.4 Å². The Kier molecular flexibility index (Phi) is 4.76. The van der Waals surface area contributed by atoms with Gasteiger partial charge >= 0.3 is 10.1 Å². The standard InChI is InChI=1S/C19H22N2O5S/c1-18-9-8-14(10-17(18)22)19(18,2)12-27(23,24)26-21-16(11-20)13-4-6-15(25-3)7-5-13/h4-7,14H,8-10,12H2,1-3H3/b21-16+. The number of Topliss-reactive ketones (excluding diaryl/α,β-unsaturated/α-hetero) is 1. The summed E-state index contributed by atoms with van der Waals surface area (Å²) < 4.78 is 35.0. The Morgan fingerprint density at radius 3 is 2.48 bits per heavy atom. The summed E-state index contributed by atoms with van der Waals surface area (Å²) in [6, 6.07) is 8.30. The number of nitriles is 1. The van der Waals surface area contributed by atoms with Crippen molar-refractivity contribution in [1.82, 2.24) is 0 Å². The maximum absolute atomic E-state index is 12.5. The quantitative estimate of drug-likeness (QED) is 0.546. The molecular weight excluding hydrogens is 368 g/mol. The van der Waals surface area contributed by atoms with E-state index in [0.29, 0.717) is 24.2 Å². The molecule has 0 heterocycles. The number of carbonyl (C=O) groups excluding carboxylic acids is 1. The third-order valence-electron chi connectivity index (χ3n) is 6.39. The third kappa shape index (κ3) is 3.21. The molecule has 0 amide bonds. The van der Waals surface area contributed by atoms with E-state index in [1.54, 1.807) is 24.3 Å². The molecule has 2 aliphatic rings. The van der Waals surface area contributed by atoms with Gasteiger partial charge in [-0.1, -0.05) is 19.0 Å². The smallest absolute Gasteiger partial charge is 0.329 e. The molecule has 3 atom stereocenters. The van der Waals surface area contributed by atoms with Crippen LogP contribution in [0.2, 0.25) is 0 Å². The third-order valence-corrected chi connectivity index (χ3v) is 7.64. The van der Waals surface area contributed by atoms with Gasteiger partial charge in [-0.05, 0) is 43.0 Å². The summed E-state index contributed by atoms with van der Waals surface area (Å²) >= 11 is 0. The number of oxime groups is 1. The summed E-state index contributed by atoms with van der Waals surface area (Å²) in [5.74, 6) is 0.468. The first-order chi connectivity index (χ1) is 12.6. The van der Waals surface area contributed by atoms with Crippen LogP contribution in [0.5, 0.6) is 5.75 Å². The van der Waals surface area contributed by atoms with E-state index in [-0.39, 0.29) is 23.2 Å². The van der Waals surface area contributed by atoms with Crippen molar-refractivity contribution in [2.45, 2.75) is 33.1 Å². The fraction of sp³-hybridized carbons (Fsp3) is 0.526. The molecule has 1 aromatic rings. The summed E-state index contributed by atoms with van der Waals surface area (Å²) in [7, 11) is -2.53. The molecule has 1 aromatic carbocycles. The predicted molar refractivity (Wildman–Crippen MR) is 98.6 cm³/mol. The minimum absolute atomic E-state index is 0.0365. The first kappa shape index (κ1) is 19.4. The van der Waals surface area contributed by atoms with Crippen molar-refractivity contribution >= 4 is 21.6 Å². The molecule has 0 saturated heterocycles. The van der Waals surface area contributed by atoms with Gasteiger partial charge in [0.25, 0.3) is 0 Å². The van der Waals surface area contributed by atoms with E-state index in [2.05, 4.69) is 5.16 Å². The van der Waals surface area contributed by atoms with Crippen LogP contribution >= 0.6 is 0 Å². The van der Waals surface area contributed by atoms with E-state index in [1.807, 2.05) is 19.9 Å². The van der Waals surface area contributed by atoms with Crippen molar-refractivity contribution < 1.29 is 22.2 Å². The van der Waals surface area contributed by atoms with Gasteiger partial charge in [0.15, 0.2) is 5.71 Å². The largest absolute Gasteiger partial charge is 0.497 e. The molecule has 144 valence electrons. The highest BCUT2D eigenvalue weighted by atomic mass is 32.2. The molecule has 0 aromatic heterocycles. The Labute approximate surface area is 159 Å². The van der Waals surface area contributed by atoms with E-state index >= 15 is 0 Å². The minimum atomic E-state index is -4.05. The Morgan fingerprint density at radius 2 is 2.00 bits per heavy atom. The molecule has 0 aliphatic heterocycles. The molecule has 0 spiro atoms. The molecule has 8 heteroatoms. The molecule has 7 nitrogen and oxygen atoms in total. The van der Waals surface area contributed by atoms with Gasteiger partial charge in [-0.15, -0.1) is 0 Å². The van der Waals surface area contributed by atoms with Crippen molar-refractivity contribution in [1.29, 1.82) is 5.26 Å². The summed E-state index contributed by atoms with van der Waals surface area (Å²) in [6.07, 6.45) is 1.95. The summed E-state index contributed by atoms with van der Waals surface area (Å²) in [5, 5.41) is 12.8. The van der Waals surface area contributed by atoms with Gasteiger partial charge in [-0.25, -0.2) is 0 Å². The Bertz CT molecular complexity index is 932. The van der Waals surface area contributed by atoms with Gasteiger partial charge in [0.05, 0.1) is 12.9 Å². The highest BCUT2D eigenvalue weighted by Gasteiger charge is 2.65. The number of carbonyl (C=O) groups is 1. The number of fused-ring (bicyclic) bond motifs is 2. The zero-order chi connectivity index (χ0) is 19.9. The molecule has 2 fully saturated rings. The second kappa shape index (κ2) is 6.64. The molecular formula is C19H22N2O5S. The van der Waals surface area contributed by atoms with Crippen LogP contribution in [0.3, 0.4) is 0 Å². The summed E-state index contributed by atoms with van der Waals surface area (Å²) in [4.78, 5) is 12.3. The van der Waals surface area contributed by atoms with Crippen LogP contribution in [-0.2, 0) is 19.2 Å². The van der Waals surface area contributed by atoms with Crippen molar-refractivity contribution in [2.24, 2.45) is 21.9 Å². The van der Waals surface area contributed by atoms with Crippen molar-refractivity contribution in [3.05, 3.63) is 29.8 Å². The zero-order valence-corrected chi connectivity index (χ0v) is 16.4. The maximum Gasteiger partial charge on any atom is 0.329 e. The fourth-order valence-electron chi connectivity index (χ4n) is 4.40. The number of hydrogen-bond acceptors (Lipinski definition) is 7. The van der Waals surface area contributed by atoms with Crippen LogP contribution in [0.1, 0.15) is 38.7 Å². The highest BCUT2D eigenvalue weighted by Crippen LogP contribution is 2.64. The van der Waals surface area contributed by atoms with E-state index in [9.17, 15) is 18.5 Å². The fourth-order valence-corrected chi connectivity index (χ4v) is 5.93. The van der Waals surface area contributed by atoms with Crippen molar-refractivity contribution in [2.75, 3.05) is 12.9 Å². The van der Waals surface area contributed by atoms with Crippen LogP contribution < -0.4 is 4.74 Å². The zero-order valence-electron chi connectivity index (χ0n) is 15.6. The minimum Gasteiger partial charge on any atom is -0.497 e. The van der Waals surface area contributed by atoms with Crippen molar-refractivity contribution in [3.63, 3.8) is 0 Å². The maximum atomic E-state index is 12.5. The number of hydrogen-bond donors (Lipinski definition) is 0. The molecule has 27 heavy (non-hydrogen) atoms. The Morgan fingerprint density at radius 1 is 1.33 bits per heavy atom. The van der Waals surface area contributed by atoms with Crippen molar-refractivity contribution in [3.8, 4) is 11.8 Å². The number of methoxy groups -OCH3 is 1. The van der Waals surface area contributed by atoms with Crippen LogP contribution in [-0.4, -0.2) is 32.8 Å². The van der Waals surface area contributed by atoms with Crippen LogP contribution in [0.4, 0.5) is 0 Å². The average Bonchev–Trinajstić information content (AvgIpc) is 2.96. The van der Waals surface area contributed by atoms with Gasteiger partial charge < -0.3 is 4.74 Å². The average molecular weight is 390 g/mol. The lowest BCUT2D eigenvalue weighted by atomic mass is 9.70. The van der Waals surface area contributed by atoms with Gasteiger partial charge in [-0.3, -0.25) is 9.08 Å². The van der Waals surface area contributed by atoms with Crippen LogP contribution in [0.25, 0.3) is 0 Å². The SMILES string of the molecule is COc1ccc(/C(C#N)=N/OS(=O)(=O)CC2(C)C3CCC2(C)C(=O)C3)cc1. The molecule has 0 radical (unpaired) electrons. The monoisotopic (exact) mass is 390 g/mol. The number of ketones is 1. The topological polar surface area (TPSA) is 106 Å². The molecule has 3 unspecified atom stereocenters. The first-order valence-electron chi connectivity index (χ1n) is 8.72. The van der Waals surface area contributed by atoms with E-state index in [4.69, 9.17) is 9.02 Å². The Balaban J connectivity index is 1.79. The summed E-state index contributed by atoms with van der Waals surface area (Å²) in [6.45, 7) is 3.69. The van der Waals surface area contributed by atoms with Gasteiger partial charge in [-0.2, -0.15) is 13.7 Å². The molecule has 2 saturated carbocycles. The van der Waals surface area contributed by atoms with Crippen LogP contribution in [0, 0.1) is 28.1 Å². The van der Waals surface area contributed by atoms with Gasteiger partial charge in [0, 0.05) is 22.8 Å². The number of nitrogens with zero attached hydrogens (tertiary/aromatic N) is 2. The van der Waals surface area contributed by atoms with Gasteiger partial charge in [0.2, 0.25) is 0 Å². The molecule has 0 N–H and O–H groups in total. The van der Waals surface area contributed by atoms with E-state index < -0.39 is 20.9 Å². The second-order valence-electron chi connectivity index (χ2n) is 7.67. The van der Waals surface area contributed by atoms with Gasteiger partial charge in [0.1, 0.15) is 17.6 Å².